The highest BCUT2D eigenvalue weighted by Gasteiger charge is 2.39. The lowest BCUT2D eigenvalue weighted by molar-refractivity contribution is -0.139. The zero-order chi connectivity index (χ0) is 23.7. The van der Waals surface area contributed by atoms with E-state index >= 15 is 0 Å². The van der Waals surface area contributed by atoms with Crippen molar-refractivity contribution in [2.24, 2.45) is 11.8 Å². The number of pyridine rings is 1. The van der Waals surface area contributed by atoms with Gasteiger partial charge >= 0.3 is 0 Å². The molecular formula is C26H24ClN5O2. The van der Waals surface area contributed by atoms with Crippen molar-refractivity contribution in [2.75, 3.05) is 18.4 Å². The Bertz CT molecular complexity index is 1300. The van der Waals surface area contributed by atoms with E-state index in [0.29, 0.717) is 31.1 Å². The molecule has 3 heterocycles. The predicted octanol–water partition coefficient (Wildman–Crippen LogP) is 3.76. The van der Waals surface area contributed by atoms with Gasteiger partial charge in [-0.1, -0.05) is 41.6 Å². The number of halogens is 1. The summed E-state index contributed by atoms with van der Waals surface area (Å²) < 4.78 is 1.62. The van der Waals surface area contributed by atoms with Gasteiger partial charge < -0.3 is 10.2 Å². The number of aryl methyl sites for hydroxylation is 1. The summed E-state index contributed by atoms with van der Waals surface area (Å²) in [5.74, 6) is 7.02. The fourth-order valence-corrected chi connectivity index (χ4v) is 4.26. The summed E-state index contributed by atoms with van der Waals surface area (Å²) in [6.07, 6.45) is 5.13. The molecular weight excluding hydrogens is 450 g/mol. The van der Waals surface area contributed by atoms with Crippen LogP contribution < -0.4 is 5.32 Å². The molecule has 3 aromatic rings. The fourth-order valence-electron chi connectivity index (χ4n) is 4.03. The summed E-state index contributed by atoms with van der Waals surface area (Å²) in [7, 11) is 0. The average molecular weight is 474 g/mol. The molecule has 2 fully saturated rings. The van der Waals surface area contributed by atoms with Crippen molar-refractivity contribution < 1.29 is 9.59 Å². The summed E-state index contributed by atoms with van der Waals surface area (Å²) in [6.45, 7) is 3.79. The first-order valence-corrected chi connectivity index (χ1v) is 11.7. The van der Waals surface area contributed by atoms with E-state index in [1.807, 2.05) is 48.2 Å². The minimum absolute atomic E-state index is 0.230. The number of carbonyl (C=O) groups is 2. The molecule has 34 heavy (non-hydrogen) atoms. The lowest BCUT2D eigenvalue weighted by atomic mass is 9.99. The molecule has 0 bridgehead atoms. The molecule has 172 valence electrons. The van der Waals surface area contributed by atoms with Crippen LogP contribution in [0, 0.1) is 30.6 Å². The van der Waals surface area contributed by atoms with Crippen molar-refractivity contribution in [3.8, 4) is 11.8 Å². The van der Waals surface area contributed by atoms with E-state index < -0.39 is 0 Å². The Morgan fingerprint density at radius 3 is 2.56 bits per heavy atom. The number of benzene rings is 1. The Kier molecular flexibility index (Phi) is 6.08. The molecule has 0 atom stereocenters. The largest absolute Gasteiger partial charge is 0.342 e. The van der Waals surface area contributed by atoms with Crippen molar-refractivity contribution in [2.45, 2.75) is 26.3 Å². The maximum absolute atomic E-state index is 13.0. The highest BCUT2D eigenvalue weighted by molar-refractivity contribution is 6.34. The first kappa shape index (κ1) is 22.2. The summed E-state index contributed by atoms with van der Waals surface area (Å²) in [6, 6.07) is 11.6. The number of rotatable bonds is 5. The standard InChI is InChI=1S/C26H24ClN5O2/c1-17-11-19(8-7-18-5-3-2-4-6-18)12-28-24(17)30-25(33)23-22(27)13-29-32(23)16-20-14-31(15-20)26(34)21-9-10-21/h2-6,11-13,20-21H,9-10,14-16H2,1H3,(H,28,30,33). The van der Waals surface area contributed by atoms with Crippen LogP contribution in [0.1, 0.15) is 40.0 Å². The summed E-state index contributed by atoms with van der Waals surface area (Å²) >= 11 is 6.30. The maximum atomic E-state index is 13.0. The van der Waals surface area contributed by atoms with Gasteiger partial charge in [0.2, 0.25) is 5.91 Å². The molecule has 0 spiro atoms. The van der Waals surface area contributed by atoms with E-state index in [-0.39, 0.29) is 28.7 Å². The maximum Gasteiger partial charge on any atom is 0.276 e. The summed E-state index contributed by atoms with van der Waals surface area (Å²) in [4.78, 5) is 31.5. The summed E-state index contributed by atoms with van der Waals surface area (Å²) in [5.41, 5.74) is 2.77. The number of nitrogens with zero attached hydrogens (tertiary/aromatic N) is 4. The highest BCUT2D eigenvalue weighted by Crippen LogP contribution is 2.34. The molecule has 1 aliphatic carbocycles. The topological polar surface area (TPSA) is 80.1 Å². The molecule has 0 unspecified atom stereocenters. The van der Waals surface area contributed by atoms with Crippen LogP contribution >= 0.6 is 11.6 Å². The SMILES string of the molecule is Cc1cc(C#Cc2ccccc2)cnc1NC(=O)c1c(Cl)cnn1CC1CN(C(=O)C2CC2)C1. The average Bonchev–Trinajstić information content (AvgIpc) is 3.59. The molecule has 8 heteroatoms. The van der Waals surface area contributed by atoms with Crippen LogP contribution in [0.4, 0.5) is 5.82 Å². The fraction of sp³-hybridized carbons (Fsp3) is 0.308. The van der Waals surface area contributed by atoms with Gasteiger partial charge in [-0.2, -0.15) is 5.10 Å². The first-order valence-electron chi connectivity index (χ1n) is 11.3. The van der Waals surface area contributed by atoms with Crippen LogP contribution in [0.2, 0.25) is 5.02 Å². The Labute approximate surface area is 203 Å². The first-order chi connectivity index (χ1) is 16.5. The van der Waals surface area contributed by atoms with Crippen molar-refractivity contribution >= 4 is 29.2 Å². The smallest absolute Gasteiger partial charge is 0.276 e. The van der Waals surface area contributed by atoms with E-state index in [1.54, 1.807) is 10.9 Å². The van der Waals surface area contributed by atoms with Crippen LogP contribution in [-0.2, 0) is 11.3 Å². The van der Waals surface area contributed by atoms with E-state index in [1.165, 1.54) is 6.20 Å². The van der Waals surface area contributed by atoms with Gasteiger partial charge in [0.1, 0.15) is 11.5 Å². The minimum atomic E-state index is -0.369. The summed E-state index contributed by atoms with van der Waals surface area (Å²) in [5, 5.41) is 7.42. The number of carbonyl (C=O) groups excluding carboxylic acids is 2. The Hall–Kier alpha value is -3.63. The number of nitrogens with one attached hydrogen (secondary N) is 1. The number of likely N-dealkylation sites (tertiary alicyclic amines) is 1. The van der Waals surface area contributed by atoms with Crippen LogP contribution in [0.25, 0.3) is 0 Å². The van der Waals surface area contributed by atoms with Crippen LogP contribution in [0.5, 0.6) is 0 Å². The van der Waals surface area contributed by atoms with Gasteiger partial charge in [0.05, 0.1) is 11.2 Å². The zero-order valence-electron chi connectivity index (χ0n) is 18.8. The second kappa shape index (κ2) is 9.32. The molecule has 1 aromatic carbocycles. The van der Waals surface area contributed by atoms with Gasteiger partial charge in [0.25, 0.3) is 5.91 Å². The van der Waals surface area contributed by atoms with E-state index in [0.717, 1.165) is 29.5 Å². The molecule has 1 aliphatic heterocycles. The van der Waals surface area contributed by atoms with E-state index in [2.05, 4.69) is 27.2 Å². The second-order valence-corrected chi connectivity index (χ2v) is 9.27. The third-order valence-corrected chi connectivity index (χ3v) is 6.35. The van der Waals surface area contributed by atoms with E-state index in [9.17, 15) is 9.59 Å². The van der Waals surface area contributed by atoms with Crippen LogP contribution in [0.15, 0.2) is 48.8 Å². The number of hydrogen-bond donors (Lipinski definition) is 1. The van der Waals surface area contributed by atoms with Crippen LogP contribution in [-0.4, -0.2) is 44.6 Å². The lowest BCUT2D eigenvalue weighted by Crippen LogP contribution is -2.52. The van der Waals surface area contributed by atoms with Gasteiger partial charge in [0, 0.05) is 48.8 Å². The normalized spacial score (nSPS) is 15.3. The lowest BCUT2D eigenvalue weighted by Gasteiger charge is -2.39. The van der Waals surface area contributed by atoms with E-state index in [4.69, 9.17) is 11.6 Å². The van der Waals surface area contributed by atoms with Crippen molar-refractivity contribution in [1.82, 2.24) is 19.7 Å². The number of hydrogen-bond acceptors (Lipinski definition) is 4. The molecule has 2 amide bonds. The molecule has 2 aromatic heterocycles. The minimum Gasteiger partial charge on any atom is -0.342 e. The molecule has 5 rings (SSSR count). The van der Waals surface area contributed by atoms with Gasteiger partial charge in [-0.15, -0.1) is 0 Å². The second-order valence-electron chi connectivity index (χ2n) is 8.87. The van der Waals surface area contributed by atoms with Crippen molar-refractivity contribution in [1.29, 1.82) is 0 Å². The molecule has 1 saturated heterocycles. The molecule has 2 aliphatic rings. The molecule has 1 saturated carbocycles. The predicted molar refractivity (Wildman–Crippen MR) is 129 cm³/mol. The van der Waals surface area contributed by atoms with Gasteiger partial charge in [0.15, 0.2) is 0 Å². The third kappa shape index (κ3) is 4.82. The van der Waals surface area contributed by atoms with Gasteiger partial charge in [-0.25, -0.2) is 4.98 Å². The molecule has 7 nitrogen and oxygen atoms in total. The number of amides is 2. The zero-order valence-corrected chi connectivity index (χ0v) is 19.5. The van der Waals surface area contributed by atoms with Crippen molar-refractivity contribution in [3.63, 3.8) is 0 Å². The van der Waals surface area contributed by atoms with Crippen LogP contribution in [0.3, 0.4) is 0 Å². The van der Waals surface area contributed by atoms with Gasteiger partial charge in [-0.05, 0) is 43.5 Å². The monoisotopic (exact) mass is 473 g/mol. The number of anilines is 1. The molecule has 1 N–H and O–H groups in total. The van der Waals surface area contributed by atoms with Crippen molar-refractivity contribution in [3.05, 3.63) is 76.2 Å². The Balaban J connectivity index is 1.24. The van der Waals surface area contributed by atoms with Gasteiger partial charge in [-0.3, -0.25) is 14.3 Å². The Morgan fingerprint density at radius 1 is 1.12 bits per heavy atom. The highest BCUT2D eigenvalue weighted by atomic mass is 35.5. The third-order valence-electron chi connectivity index (χ3n) is 6.07. The molecule has 0 radical (unpaired) electrons. The Morgan fingerprint density at radius 2 is 1.85 bits per heavy atom. The number of aromatic nitrogens is 3. The quantitative estimate of drug-likeness (QED) is 0.572.